The van der Waals surface area contributed by atoms with Gasteiger partial charge >= 0.3 is 6.18 Å². The second kappa shape index (κ2) is 11.5. The summed E-state index contributed by atoms with van der Waals surface area (Å²) in [6.45, 7) is 6.68. The Morgan fingerprint density at radius 1 is 1.00 bits per heavy atom. The highest BCUT2D eigenvalue weighted by molar-refractivity contribution is 6.33. The van der Waals surface area contributed by atoms with Crippen molar-refractivity contribution in [3.63, 3.8) is 0 Å². The van der Waals surface area contributed by atoms with Gasteiger partial charge in [-0.05, 0) is 37.1 Å². The zero-order valence-corrected chi connectivity index (χ0v) is 18.3. The number of alkyl halides is 3. The van der Waals surface area contributed by atoms with Crippen LogP contribution in [0.4, 0.5) is 19.0 Å². The molecule has 0 amide bonds. The summed E-state index contributed by atoms with van der Waals surface area (Å²) >= 11 is 6.14. The quantitative estimate of drug-likeness (QED) is 0.450. The molecule has 166 valence electrons. The molecule has 9 heteroatoms. The first-order chi connectivity index (χ1) is 14.7. The van der Waals surface area contributed by atoms with Crippen molar-refractivity contribution in [3.05, 3.63) is 70.8 Å². The average Bonchev–Trinajstić information content (AvgIpc) is 2.73. The van der Waals surface area contributed by atoms with E-state index in [0.717, 1.165) is 24.2 Å². The lowest BCUT2D eigenvalue weighted by atomic mass is 10.1. The molecule has 0 saturated heterocycles. The maximum Gasteiger partial charge on any atom is 0.417 e. The largest absolute Gasteiger partial charge is 0.439 e. The van der Waals surface area contributed by atoms with Crippen molar-refractivity contribution >= 4 is 17.4 Å². The minimum atomic E-state index is -4.42. The minimum Gasteiger partial charge on any atom is -0.439 e. The van der Waals surface area contributed by atoms with Crippen LogP contribution in [0.1, 0.15) is 37.1 Å². The van der Waals surface area contributed by atoms with Gasteiger partial charge in [-0.3, -0.25) is 0 Å². The molecule has 31 heavy (non-hydrogen) atoms. The van der Waals surface area contributed by atoms with E-state index in [0.29, 0.717) is 28.8 Å². The van der Waals surface area contributed by atoms with Gasteiger partial charge in [0.05, 0.1) is 11.3 Å². The van der Waals surface area contributed by atoms with E-state index in [1.165, 1.54) is 18.8 Å². The Morgan fingerprint density at radius 2 is 1.68 bits per heavy atom. The lowest BCUT2D eigenvalue weighted by Crippen LogP contribution is -2.07. The van der Waals surface area contributed by atoms with Crippen molar-refractivity contribution in [2.24, 2.45) is 0 Å². The molecular weight excluding hydrogens is 429 g/mol. The van der Waals surface area contributed by atoms with Crippen LogP contribution in [0.25, 0.3) is 0 Å². The van der Waals surface area contributed by atoms with E-state index < -0.39 is 11.7 Å². The molecular formula is C22H24ClF3N4O. The lowest BCUT2D eigenvalue weighted by molar-refractivity contribution is -0.137. The fraction of sp³-hybridized carbons (Fsp3) is 0.318. The van der Waals surface area contributed by atoms with Gasteiger partial charge < -0.3 is 10.1 Å². The standard InChI is InChI=1S/C19H16ClF3N4O.C3H8/c1-12-17(20)18(27-11-26-12)24-9-8-13-2-5-15(6-3-13)28-16-7-4-14(10-25-16)19(21,22)23;1-3-2/h2-7,10-11H,8-9H2,1H3,(H,24,26,27);3H2,1-2H3. The van der Waals surface area contributed by atoms with E-state index in [1.54, 1.807) is 19.1 Å². The van der Waals surface area contributed by atoms with Crippen molar-refractivity contribution in [3.8, 4) is 11.6 Å². The van der Waals surface area contributed by atoms with Gasteiger partial charge in [0.15, 0.2) is 0 Å². The molecule has 0 atom stereocenters. The Morgan fingerprint density at radius 3 is 2.26 bits per heavy atom. The lowest BCUT2D eigenvalue weighted by Gasteiger charge is -2.10. The van der Waals surface area contributed by atoms with Crippen molar-refractivity contribution in [1.29, 1.82) is 0 Å². The normalized spacial score (nSPS) is 10.8. The van der Waals surface area contributed by atoms with E-state index in [1.807, 2.05) is 12.1 Å². The van der Waals surface area contributed by atoms with Gasteiger partial charge in [0, 0.05) is 18.8 Å². The minimum absolute atomic E-state index is 0.0937. The predicted octanol–water partition coefficient (Wildman–Crippen LogP) is 6.72. The summed E-state index contributed by atoms with van der Waals surface area (Å²) in [5.74, 6) is 1.16. The number of ether oxygens (including phenoxy) is 1. The smallest absolute Gasteiger partial charge is 0.417 e. The molecule has 0 bridgehead atoms. The van der Waals surface area contributed by atoms with Crippen LogP contribution in [0.15, 0.2) is 48.9 Å². The third-order valence-corrected chi connectivity index (χ3v) is 4.33. The number of hydrogen-bond donors (Lipinski definition) is 1. The van der Waals surface area contributed by atoms with E-state index in [4.69, 9.17) is 16.3 Å². The summed E-state index contributed by atoms with van der Waals surface area (Å²) < 4.78 is 43.1. The van der Waals surface area contributed by atoms with Gasteiger partial charge in [-0.2, -0.15) is 13.2 Å². The van der Waals surface area contributed by atoms with E-state index in [2.05, 4.69) is 34.1 Å². The molecule has 1 N–H and O–H groups in total. The average molecular weight is 453 g/mol. The van der Waals surface area contributed by atoms with Crippen LogP contribution in [0, 0.1) is 6.92 Å². The molecule has 0 unspecified atom stereocenters. The first-order valence-electron chi connectivity index (χ1n) is 9.75. The summed E-state index contributed by atoms with van der Waals surface area (Å²) in [4.78, 5) is 11.8. The molecule has 0 aliphatic rings. The molecule has 0 spiro atoms. The Labute approximate surface area is 184 Å². The second-order valence-corrected chi connectivity index (χ2v) is 7.01. The molecule has 1 aromatic carbocycles. The Balaban J connectivity index is 0.00000107. The van der Waals surface area contributed by atoms with Crippen LogP contribution >= 0.6 is 11.6 Å². The highest BCUT2D eigenvalue weighted by atomic mass is 35.5. The third kappa shape index (κ3) is 7.71. The summed E-state index contributed by atoms with van der Waals surface area (Å²) in [6.07, 6.45) is -0.256. The number of pyridine rings is 1. The van der Waals surface area contributed by atoms with E-state index >= 15 is 0 Å². The number of halogens is 4. The SMILES string of the molecule is CCC.Cc1ncnc(NCCc2ccc(Oc3ccc(C(F)(F)F)cn3)cc2)c1Cl. The molecule has 2 aromatic heterocycles. The van der Waals surface area contributed by atoms with Gasteiger partial charge in [-0.15, -0.1) is 0 Å². The van der Waals surface area contributed by atoms with Gasteiger partial charge in [-0.1, -0.05) is 44.0 Å². The number of aromatic nitrogens is 3. The molecule has 0 saturated carbocycles. The van der Waals surface area contributed by atoms with Crippen molar-refractivity contribution in [2.45, 2.75) is 39.8 Å². The first kappa shape index (κ1) is 24.4. The summed E-state index contributed by atoms with van der Waals surface area (Å²) in [5, 5.41) is 3.65. The maximum atomic E-state index is 12.5. The van der Waals surface area contributed by atoms with Crippen LogP contribution in [0.2, 0.25) is 5.02 Å². The number of anilines is 1. The maximum absolute atomic E-state index is 12.5. The van der Waals surface area contributed by atoms with Crippen LogP contribution in [0.3, 0.4) is 0 Å². The highest BCUT2D eigenvalue weighted by Gasteiger charge is 2.30. The Hall–Kier alpha value is -2.87. The van der Waals surface area contributed by atoms with Crippen LogP contribution < -0.4 is 10.1 Å². The number of hydrogen-bond acceptors (Lipinski definition) is 5. The number of benzene rings is 1. The van der Waals surface area contributed by atoms with Gasteiger partial charge in [-0.25, -0.2) is 15.0 Å². The van der Waals surface area contributed by atoms with E-state index in [9.17, 15) is 13.2 Å². The zero-order valence-electron chi connectivity index (χ0n) is 17.5. The van der Waals surface area contributed by atoms with Crippen LogP contribution in [0.5, 0.6) is 11.6 Å². The fourth-order valence-corrected chi connectivity index (χ4v) is 2.52. The van der Waals surface area contributed by atoms with Crippen molar-refractivity contribution in [1.82, 2.24) is 15.0 Å². The highest BCUT2D eigenvalue weighted by Crippen LogP contribution is 2.30. The summed E-state index contributed by atoms with van der Waals surface area (Å²) in [6, 6.07) is 9.32. The Bertz CT molecular complexity index is 948. The first-order valence-corrected chi connectivity index (χ1v) is 10.1. The topological polar surface area (TPSA) is 59.9 Å². The number of nitrogens with zero attached hydrogens (tertiary/aromatic N) is 3. The molecule has 3 aromatic rings. The van der Waals surface area contributed by atoms with Gasteiger partial charge in [0.1, 0.15) is 22.9 Å². The Kier molecular flexibility index (Phi) is 9.05. The number of rotatable bonds is 6. The number of nitrogens with one attached hydrogen (secondary N) is 1. The molecule has 2 heterocycles. The van der Waals surface area contributed by atoms with Crippen LogP contribution in [-0.4, -0.2) is 21.5 Å². The molecule has 5 nitrogen and oxygen atoms in total. The molecule has 0 radical (unpaired) electrons. The molecule has 0 fully saturated rings. The van der Waals surface area contributed by atoms with Crippen molar-refractivity contribution < 1.29 is 17.9 Å². The van der Waals surface area contributed by atoms with Gasteiger partial charge in [0.2, 0.25) is 5.88 Å². The summed E-state index contributed by atoms with van der Waals surface area (Å²) in [7, 11) is 0. The second-order valence-electron chi connectivity index (χ2n) is 6.63. The van der Waals surface area contributed by atoms with Gasteiger partial charge in [0.25, 0.3) is 0 Å². The predicted molar refractivity (Wildman–Crippen MR) is 116 cm³/mol. The van der Waals surface area contributed by atoms with Crippen LogP contribution in [-0.2, 0) is 12.6 Å². The zero-order chi connectivity index (χ0) is 22.9. The van der Waals surface area contributed by atoms with E-state index in [-0.39, 0.29) is 5.88 Å². The third-order valence-electron chi connectivity index (χ3n) is 3.88. The molecule has 3 rings (SSSR count). The van der Waals surface area contributed by atoms with Crippen molar-refractivity contribution in [2.75, 3.05) is 11.9 Å². The number of aryl methyl sites for hydroxylation is 1. The molecule has 0 aliphatic heterocycles. The summed E-state index contributed by atoms with van der Waals surface area (Å²) in [5.41, 5.74) is 0.932. The monoisotopic (exact) mass is 452 g/mol. The fourth-order valence-electron chi connectivity index (χ4n) is 2.36. The molecule has 0 aliphatic carbocycles.